The molecular formula is C18H24ClN5O4. The van der Waals surface area contributed by atoms with Crippen LogP contribution in [0, 0.1) is 0 Å². The summed E-state index contributed by atoms with van der Waals surface area (Å²) in [7, 11) is 3.16. The van der Waals surface area contributed by atoms with E-state index >= 15 is 0 Å². The van der Waals surface area contributed by atoms with Crippen LogP contribution >= 0.6 is 11.6 Å². The van der Waals surface area contributed by atoms with Crippen molar-refractivity contribution >= 4 is 35.1 Å². The van der Waals surface area contributed by atoms with Gasteiger partial charge >= 0.3 is 6.09 Å². The van der Waals surface area contributed by atoms with Gasteiger partial charge in [-0.2, -0.15) is 9.61 Å². The molecule has 10 heteroatoms. The van der Waals surface area contributed by atoms with Crippen molar-refractivity contribution in [2.45, 2.75) is 51.4 Å². The highest BCUT2D eigenvalue weighted by Crippen LogP contribution is 2.25. The minimum absolute atomic E-state index is 0.0104. The number of nitrogens with one attached hydrogen (secondary N) is 1. The minimum Gasteiger partial charge on any atom is -0.443 e. The number of fused-ring (bicyclic) bond motifs is 1. The second-order valence-corrected chi connectivity index (χ2v) is 8.09. The number of anilines is 1. The maximum atomic E-state index is 12.7. The molecule has 2 atom stereocenters. The van der Waals surface area contributed by atoms with Crippen molar-refractivity contribution in [3.63, 3.8) is 0 Å². The van der Waals surface area contributed by atoms with Crippen molar-refractivity contribution in [2.75, 3.05) is 19.1 Å². The molecule has 2 aromatic heterocycles. The van der Waals surface area contributed by atoms with E-state index in [0.29, 0.717) is 5.82 Å². The first kappa shape index (κ1) is 20.3. The fourth-order valence-corrected chi connectivity index (χ4v) is 3.08. The minimum atomic E-state index is -0.656. The van der Waals surface area contributed by atoms with Crippen LogP contribution in [0.15, 0.2) is 12.3 Å². The van der Waals surface area contributed by atoms with E-state index in [1.165, 1.54) is 28.7 Å². The molecular weight excluding hydrogens is 386 g/mol. The van der Waals surface area contributed by atoms with Crippen LogP contribution < -0.4 is 10.2 Å². The van der Waals surface area contributed by atoms with Crippen LogP contribution in [0.5, 0.6) is 0 Å². The summed E-state index contributed by atoms with van der Waals surface area (Å²) in [5.74, 6) is 0.0177. The lowest BCUT2D eigenvalue weighted by atomic mass is 9.89. The number of carbonyl (C=O) groups is 2. The van der Waals surface area contributed by atoms with Crippen molar-refractivity contribution < 1.29 is 19.1 Å². The van der Waals surface area contributed by atoms with Gasteiger partial charge in [0.2, 0.25) is 0 Å². The van der Waals surface area contributed by atoms with Gasteiger partial charge in [0.15, 0.2) is 5.65 Å². The molecule has 2 aromatic rings. The van der Waals surface area contributed by atoms with Gasteiger partial charge in [-0.1, -0.05) is 11.6 Å². The zero-order valence-electron chi connectivity index (χ0n) is 16.5. The summed E-state index contributed by atoms with van der Waals surface area (Å²) in [4.78, 5) is 30.6. The van der Waals surface area contributed by atoms with Gasteiger partial charge in [-0.05, 0) is 33.6 Å². The van der Waals surface area contributed by atoms with Crippen LogP contribution in [-0.2, 0) is 9.47 Å². The average Bonchev–Trinajstić information content (AvgIpc) is 2.99. The zero-order chi connectivity index (χ0) is 20.6. The van der Waals surface area contributed by atoms with Gasteiger partial charge in [0.1, 0.15) is 22.1 Å². The summed E-state index contributed by atoms with van der Waals surface area (Å²) in [6.45, 7) is 5.33. The number of hydrogen-bond donors (Lipinski definition) is 1. The quantitative estimate of drug-likeness (QED) is 0.779. The molecule has 28 heavy (non-hydrogen) atoms. The van der Waals surface area contributed by atoms with Crippen LogP contribution in [0.3, 0.4) is 0 Å². The number of rotatable bonds is 4. The largest absolute Gasteiger partial charge is 0.443 e. The van der Waals surface area contributed by atoms with Gasteiger partial charge < -0.3 is 14.8 Å². The Labute approximate surface area is 167 Å². The van der Waals surface area contributed by atoms with Crippen molar-refractivity contribution in [3.05, 3.63) is 23.0 Å². The van der Waals surface area contributed by atoms with Crippen molar-refractivity contribution in [2.24, 2.45) is 0 Å². The fourth-order valence-electron chi connectivity index (χ4n) is 2.90. The van der Waals surface area contributed by atoms with E-state index in [4.69, 9.17) is 21.1 Å². The number of hydrogen-bond acceptors (Lipinski definition) is 6. The number of carbonyl (C=O) groups excluding carboxylic acids is 2. The lowest BCUT2D eigenvalue weighted by Gasteiger charge is -2.35. The summed E-state index contributed by atoms with van der Waals surface area (Å²) in [6, 6.07) is 1.44. The summed E-state index contributed by atoms with van der Waals surface area (Å²) < 4.78 is 12.1. The normalized spacial score (nSPS) is 19.2. The van der Waals surface area contributed by atoms with Gasteiger partial charge in [-0.3, -0.25) is 9.69 Å². The first-order valence-electron chi connectivity index (χ1n) is 8.95. The molecule has 0 radical (unpaired) electrons. The Kier molecular flexibility index (Phi) is 5.49. The smallest absolute Gasteiger partial charge is 0.415 e. The average molecular weight is 410 g/mol. The van der Waals surface area contributed by atoms with Gasteiger partial charge in [-0.15, -0.1) is 0 Å². The molecule has 9 nitrogen and oxygen atoms in total. The number of aromatic nitrogens is 3. The maximum Gasteiger partial charge on any atom is 0.415 e. The number of ether oxygens (including phenoxy) is 2. The van der Waals surface area contributed by atoms with E-state index in [2.05, 4.69) is 15.4 Å². The van der Waals surface area contributed by atoms with E-state index in [-0.39, 0.29) is 34.4 Å². The van der Waals surface area contributed by atoms with E-state index in [0.717, 1.165) is 12.8 Å². The van der Waals surface area contributed by atoms with Crippen molar-refractivity contribution in [3.8, 4) is 0 Å². The van der Waals surface area contributed by atoms with Crippen LogP contribution in [0.2, 0.25) is 5.15 Å². The van der Waals surface area contributed by atoms with Crippen LogP contribution in [0.4, 0.5) is 10.6 Å². The summed E-state index contributed by atoms with van der Waals surface area (Å²) in [5.41, 5.74) is -0.135. The lowest BCUT2D eigenvalue weighted by Crippen LogP contribution is -2.51. The number of methoxy groups -OCH3 is 1. The Balaban J connectivity index is 1.90. The summed E-state index contributed by atoms with van der Waals surface area (Å²) in [6.07, 6.45) is 2.60. The molecule has 2 amide bonds. The summed E-state index contributed by atoms with van der Waals surface area (Å²) in [5, 5.41) is 7.28. The van der Waals surface area contributed by atoms with E-state index in [9.17, 15) is 9.59 Å². The van der Waals surface area contributed by atoms with E-state index in [1.54, 1.807) is 27.9 Å². The predicted octanol–water partition coefficient (Wildman–Crippen LogP) is 2.66. The van der Waals surface area contributed by atoms with Gasteiger partial charge in [0, 0.05) is 20.2 Å². The van der Waals surface area contributed by atoms with Gasteiger partial charge in [0.25, 0.3) is 5.91 Å². The summed E-state index contributed by atoms with van der Waals surface area (Å²) >= 11 is 6.15. The van der Waals surface area contributed by atoms with Crippen LogP contribution in [-0.4, -0.2) is 58.5 Å². The Bertz CT molecular complexity index is 905. The number of nitrogens with zero attached hydrogens (tertiary/aromatic N) is 4. The SMILES string of the molecule is CO[C@@H]1CC[C@H]1NC(=O)c1cnn2c(N(C)C(=O)OC(C)(C)C)cc(Cl)nc12. The molecule has 1 fully saturated rings. The topological polar surface area (TPSA) is 98.1 Å². The molecule has 1 aliphatic carbocycles. The first-order chi connectivity index (χ1) is 13.1. The third-order valence-corrected chi connectivity index (χ3v) is 4.70. The van der Waals surface area contributed by atoms with E-state index in [1.807, 2.05) is 0 Å². The van der Waals surface area contributed by atoms with Gasteiger partial charge in [0.05, 0.1) is 18.3 Å². The molecule has 1 aliphatic rings. The zero-order valence-corrected chi connectivity index (χ0v) is 17.3. The third kappa shape index (κ3) is 4.05. The lowest BCUT2D eigenvalue weighted by molar-refractivity contribution is 0.00732. The predicted molar refractivity (Wildman–Crippen MR) is 104 cm³/mol. The third-order valence-electron chi connectivity index (χ3n) is 4.51. The first-order valence-corrected chi connectivity index (χ1v) is 9.33. The van der Waals surface area contributed by atoms with Gasteiger partial charge in [-0.25, -0.2) is 9.78 Å². The molecule has 0 aromatic carbocycles. The van der Waals surface area contributed by atoms with Crippen molar-refractivity contribution in [1.82, 2.24) is 19.9 Å². The molecule has 0 bridgehead atoms. The molecule has 0 aliphatic heterocycles. The van der Waals surface area contributed by atoms with E-state index < -0.39 is 11.7 Å². The Morgan fingerprint density at radius 1 is 1.36 bits per heavy atom. The van der Waals surface area contributed by atoms with Crippen LogP contribution in [0.25, 0.3) is 5.65 Å². The monoisotopic (exact) mass is 409 g/mol. The standard InChI is InChI=1S/C18H24ClN5O4/c1-18(2,3)28-17(26)23(4)14-8-13(19)22-15-10(9-20-24(14)15)16(25)21-11-6-7-12(11)27-5/h8-9,11-12H,6-7H2,1-5H3,(H,21,25)/t11-,12-/m1/s1. The Morgan fingerprint density at radius 3 is 2.64 bits per heavy atom. The molecule has 1 saturated carbocycles. The molecule has 0 spiro atoms. The second-order valence-electron chi connectivity index (χ2n) is 7.70. The highest BCUT2D eigenvalue weighted by Gasteiger charge is 2.33. The highest BCUT2D eigenvalue weighted by atomic mass is 35.5. The molecule has 0 saturated heterocycles. The fraction of sp³-hybridized carbons (Fsp3) is 0.556. The Morgan fingerprint density at radius 2 is 2.07 bits per heavy atom. The second kappa shape index (κ2) is 7.56. The number of amides is 2. The molecule has 2 heterocycles. The molecule has 1 N–H and O–H groups in total. The molecule has 0 unspecified atom stereocenters. The van der Waals surface area contributed by atoms with Crippen molar-refractivity contribution in [1.29, 1.82) is 0 Å². The highest BCUT2D eigenvalue weighted by molar-refractivity contribution is 6.30. The Hall–Kier alpha value is -2.39. The van der Waals surface area contributed by atoms with Crippen LogP contribution in [0.1, 0.15) is 44.0 Å². The maximum absolute atomic E-state index is 12.7. The molecule has 3 rings (SSSR count). The number of halogens is 1. The molecule has 152 valence electrons.